The summed E-state index contributed by atoms with van der Waals surface area (Å²) in [6.45, 7) is 1.77. The first kappa shape index (κ1) is 12.9. The molecule has 0 atom stereocenters. The quantitative estimate of drug-likeness (QED) is 0.736. The monoisotopic (exact) mass is 261 g/mol. The highest BCUT2D eigenvalue weighted by Gasteiger charge is 2.38. The Morgan fingerprint density at radius 2 is 2.11 bits per heavy atom. The molecule has 3 nitrogen and oxygen atoms in total. The molecule has 0 radical (unpaired) electrons. The molecule has 0 spiro atoms. The van der Waals surface area contributed by atoms with E-state index in [2.05, 4.69) is 4.90 Å². The number of rotatable bonds is 6. The van der Waals surface area contributed by atoms with Gasteiger partial charge in [-0.05, 0) is 37.8 Å². The number of furan rings is 1. The third-order valence-electron chi connectivity index (χ3n) is 4.62. The Labute approximate surface area is 115 Å². The molecule has 1 aromatic heterocycles. The summed E-state index contributed by atoms with van der Waals surface area (Å²) in [6, 6.07) is 4.64. The maximum absolute atomic E-state index is 11.6. The Bertz CT molecular complexity index is 402. The zero-order valence-electron chi connectivity index (χ0n) is 11.5. The second-order valence-electron chi connectivity index (χ2n) is 6.26. The van der Waals surface area contributed by atoms with E-state index in [1.165, 1.54) is 38.4 Å². The molecule has 0 unspecified atom stereocenters. The summed E-state index contributed by atoms with van der Waals surface area (Å²) in [7, 11) is 0. The summed E-state index contributed by atoms with van der Waals surface area (Å²) < 4.78 is 5.47. The van der Waals surface area contributed by atoms with E-state index in [-0.39, 0.29) is 5.41 Å². The number of carbonyl (C=O) groups excluding carboxylic acids is 1. The van der Waals surface area contributed by atoms with Gasteiger partial charge in [0.2, 0.25) is 0 Å². The van der Waals surface area contributed by atoms with Crippen LogP contribution >= 0.6 is 0 Å². The molecule has 2 fully saturated rings. The smallest absolute Gasteiger partial charge is 0.127 e. The van der Waals surface area contributed by atoms with Crippen molar-refractivity contribution in [1.29, 1.82) is 0 Å². The van der Waals surface area contributed by atoms with Gasteiger partial charge in [0.25, 0.3) is 0 Å². The molecular formula is C16H23NO2. The van der Waals surface area contributed by atoms with Gasteiger partial charge in [-0.25, -0.2) is 0 Å². The highest BCUT2D eigenvalue weighted by atomic mass is 16.3. The highest BCUT2D eigenvalue weighted by Crippen LogP contribution is 2.38. The lowest BCUT2D eigenvalue weighted by atomic mass is 9.75. The van der Waals surface area contributed by atoms with Gasteiger partial charge in [-0.15, -0.1) is 0 Å². The molecule has 0 bridgehead atoms. The minimum Gasteiger partial charge on any atom is -0.468 e. The predicted octanol–water partition coefficient (Wildman–Crippen LogP) is 3.39. The van der Waals surface area contributed by atoms with Crippen LogP contribution in [0.2, 0.25) is 0 Å². The SMILES string of the molecule is O=CC1(CN(Cc2ccco2)C2CC2)CCCCC1. The van der Waals surface area contributed by atoms with E-state index >= 15 is 0 Å². The van der Waals surface area contributed by atoms with Crippen molar-refractivity contribution in [3.05, 3.63) is 24.2 Å². The lowest BCUT2D eigenvalue weighted by Crippen LogP contribution is -2.41. The van der Waals surface area contributed by atoms with Gasteiger partial charge in [-0.3, -0.25) is 4.90 Å². The second kappa shape index (κ2) is 5.49. The molecule has 3 heteroatoms. The van der Waals surface area contributed by atoms with Crippen LogP contribution in [0.4, 0.5) is 0 Å². The molecule has 1 heterocycles. The molecule has 2 aliphatic carbocycles. The largest absolute Gasteiger partial charge is 0.468 e. The van der Waals surface area contributed by atoms with Crippen molar-refractivity contribution in [3.63, 3.8) is 0 Å². The van der Waals surface area contributed by atoms with Crippen molar-refractivity contribution in [2.24, 2.45) is 5.41 Å². The molecule has 19 heavy (non-hydrogen) atoms. The maximum atomic E-state index is 11.6. The van der Waals surface area contributed by atoms with Gasteiger partial charge in [-0.1, -0.05) is 19.3 Å². The Kier molecular flexibility index (Phi) is 3.74. The van der Waals surface area contributed by atoms with Crippen LogP contribution in [0.15, 0.2) is 22.8 Å². The summed E-state index contributed by atoms with van der Waals surface area (Å²) in [5, 5.41) is 0. The molecule has 0 amide bonds. The molecule has 0 aromatic carbocycles. The Hall–Kier alpha value is -1.09. The van der Waals surface area contributed by atoms with E-state index in [1.807, 2.05) is 12.1 Å². The van der Waals surface area contributed by atoms with Gasteiger partial charge in [0, 0.05) is 18.0 Å². The van der Waals surface area contributed by atoms with Crippen molar-refractivity contribution < 1.29 is 9.21 Å². The fourth-order valence-electron chi connectivity index (χ4n) is 3.33. The number of nitrogens with zero attached hydrogens (tertiary/aromatic N) is 1. The normalized spacial score (nSPS) is 22.6. The molecule has 0 N–H and O–H groups in total. The van der Waals surface area contributed by atoms with E-state index in [4.69, 9.17) is 4.42 Å². The van der Waals surface area contributed by atoms with Gasteiger partial charge in [0.15, 0.2) is 0 Å². The van der Waals surface area contributed by atoms with Crippen molar-refractivity contribution in [2.45, 2.75) is 57.5 Å². The van der Waals surface area contributed by atoms with Crippen LogP contribution in [0.3, 0.4) is 0 Å². The number of carbonyl (C=O) groups is 1. The minimum absolute atomic E-state index is 0.0898. The van der Waals surface area contributed by atoms with Gasteiger partial charge in [0.05, 0.1) is 12.8 Å². The summed E-state index contributed by atoms with van der Waals surface area (Å²) in [5.74, 6) is 1.02. The molecular weight excluding hydrogens is 238 g/mol. The van der Waals surface area contributed by atoms with E-state index in [0.717, 1.165) is 31.7 Å². The third kappa shape index (κ3) is 3.08. The Balaban J connectivity index is 1.68. The minimum atomic E-state index is -0.0898. The average molecular weight is 261 g/mol. The zero-order chi connectivity index (χ0) is 13.1. The number of hydrogen-bond acceptors (Lipinski definition) is 3. The van der Waals surface area contributed by atoms with Crippen molar-refractivity contribution >= 4 is 6.29 Å². The van der Waals surface area contributed by atoms with Gasteiger partial charge in [-0.2, -0.15) is 0 Å². The molecule has 2 aliphatic rings. The van der Waals surface area contributed by atoms with Crippen LogP contribution < -0.4 is 0 Å². The molecule has 2 saturated carbocycles. The standard InChI is InChI=1S/C16H23NO2/c18-13-16(8-2-1-3-9-16)12-17(14-6-7-14)11-15-5-4-10-19-15/h4-5,10,13-14H,1-3,6-9,11-12H2. The van der Waals surface area contributed by atoms with E-state index < -0.39 is 0 Å². The van der Waals surface area contributed by atoms with Crippen molar-refractivity contribution in [1.82, 2.24) is 4.90 Å². The first-order valence-corrected chi connectivity index (χ1v) is 7.54. The van der Waals surface area contributed by atoms with Crippen LogP contribution in [-0.2, 0) is 11.3 Å². The molecule has 3 rings (SSSR count). The fourth-order valence-corrected chi connectivity index (χ4v) is 3.33. The highest BCUT2D eigenvalue weighted by molar-refractivity contribution is 5.60. The average Bonchev–Trinajstić information content (AvgIpc) is 3.18. The second-order valence-corrected chi connectivity index (χ2v) is 6.26. The summed E-state index contributed by atoms with van der Waals surface area (Å²) >= 11 is 0. The molecule has 1 aromatic rings. The summed E-state index contributed by atoms with van der Waals surface area (Å²) in [4.78, 5) is 14.1. The summed E-state index contributed by atoms with van der Waals surface area (Å²) in [6.07, 6.45) is 11.4. The van der Waals surface area contributed by atoms with Crippen LogP contribution in [-0.4, -0.2) is 23.8 Å². The first-order chi connectivity index (χ1) is 9.31. The Morgan fingerprint density at radius 3 is 2.68 bits per heavy atom. The first-order valence-electron chi connectivity index (χ1n) is 7.54. The third-order valence-corrected chi connectivity index (χ3v) is 4.62. The lowest BCUT2D eigenvalue weighted by molar-refractivity contribution is -0.119. The topological polar surface area (TPSA) is 33.5 Å². The lowest BCUT2D eigenvalue weighted by Gasteiger charge is -2.37. The van der Waals surface area contributed by atoms with Crippen LogP contribution in [0.25, 0.3) is 0 Å². The number of aldehydes is 1. The number of hydrogen-bond donors (Lipinski definition) is 0. The summed E-state index contributed by atoms with van der Waals surface area (Å²) in [5.41, 5.74) is -0.0898. The molecule has 0 saturated heterocycles. The van der Waals surface area contributed by atoms with Gasteiger partial charge < -0.3 is 9.21 Å². The van der Waals surface area contributed by atoms with E-state index in [0.29, 0.717) is 6.04 Å². The molecule has 0 aliphatic heterocycles. The zero-order valence-corrected chi connectivity index (χ0v) is 11.5. The van der Waals surface area contributed by atoms with Crippen LogP contribution in [0, 0.1) is 5.41 Å². The fraction of sp³-hybridized carbons (Fsp3) is 0.688. The maximum Gasteiger partial charge on any atom is 0.127 e. The predicted molar refractivity (Wildman–Crippen MR) is 73.7 cm³/mol. The van der Waals surface area contributed by atoms with E-state index in [1.54, 1.807) is 6.26 Å². The van der Waals surface area contributed by atoms with Crippen LogP contribution in [0.5, 0.6) is 0 Å². The van der Waals surface area contributed by atoms with Crippen LogP contribution in [0.1, 0.15) is 50.7 Å². The van der Waals surface area contributed by atoms with Gasteiger partial charge >= 0.3 is 0 Å². The van der Waals surface area contributed by atoms with E-state index in [9.17, 15) is 4.79 Å². The van der Waals surface area contributed by atoms with Gasteiger partial charge in [0.1, 0.15) is 12.0 Å². The Morgan fingerprint density at radius 1 is 1.32 bits per heavy atom. The molecule has 104 valence electrons. The van der Waals surface area contributed by atoms with Crippen molar-refractivity contribution in [3.8, 4) is 0 Å². The van der Waals surface area contributed by atoms with Crippen molar-refractivity contribution in [2.75, 3.05) is 6.54 Å².